The fourth-order valence-corrected chi connectivity index (χ4v) is 3.22. The molecule has 0 aliphatic heterocycles. The number of fused-ring (bicyclic) bond motifs is 1. The maximum atomic E-state index is 13.3. The van der Waals surface area contributed by atoms with Crippen LogP contribution in [0, 0.1) is 6.92 Å². The van der Waals surface area contributed by atoms with Crippen LogP contribution in [-0.2, 0) is 0 Å². The first-order chi connectivity index (χ1) is 12.2. The highest BCUT2D eigenvalue weighted by molar-refractivity contribution is 6.20. The monoisotopic (exact) mass is 322 g/mol. The summed E-state index contributed by atoms with van der Waals surface area (Å²) in [6.07, 6.45) is 0. The molecule has 0 saturated carbocycles. The molecule has 0 aliphatic rings. The van der Waals surface area contributed by atoms with Gasteiger partial charge in [-0.05, 0) is 28.8 Å². The Morgan fingerprint density at radius 1 is 0.680 bits per heavy atom. The summed E-state index contributed by atoms with van der Waals surface area (Å²) in [5, 5.41) is 2.08. The molecule has 0 aromatic heterocycles. The minimum Gasteiger partial charge on any atom is -0.289 e. The third kappa shape index (κ3) is 2.85. The van der Waals surface area contributed by atoms with Crippen LogP contribution in [0.4, 0.5) is 0 Å². The molecule has 0 atom stereocenters. The molecule has 0 amide bonds. The summed E-state index contributed by atoms with van der Waals surface area (Å²) in [6.45, 7) is 2.07. The van der Waals surface area contributed by atoms with Crippen LogP contribution in [0.1, 0.15) is 21.5 Å². The summed E-state index contributed by atoms with van der Waals surface area (Å²) in [5.41, 5.74) is 4.74. The quantitative estimate of drug-likeness (QED) is 0.420. The Balaban J connectivity index is 2.00. The molecular weight excluding hydrogens is 304 g/mol. The van der Waals surface area contributed by atoms with Crippen LogP contribution < -0.4 is 0 Å². The Hall–Kier alpha value is -3.19. The summed E-state index contributed by atoms with van der Waals surface area (Å²) in [5.74, 6) is 0.0629. The lowest BCUT2D eigenvalue weighted by Crippen LogP contribution is -2.04. The van der Waals surface area contributed by atoms with Gasteiger partial charge in [-0.1, -0.05) is 96.6 Å². The topological polar surface area (TPSA) is 17.1 Å². The van der Waals surface area contributed by atoms with Crippen LogP contribution in [0.5, 0.6) is 0 Å². The molecule has 1 nitrogen and oxygen atoms in total. The Kier molecular flexibility index (Phi) is 3.91. The number of aryl methyl sites for hydroxylation is 1. The second kappa shape index (κ2) is 6.37. The largest absolute Gasteiger partial charge is 0.289 e. The van der Waals surface area contributed by atoms with Crippen molar-refractivity contribution in [2.75, 3.05) is 0 Å². The van der Waals surface area contributed by atoms with Gasteiger partial charge < -0.3 is 0 Å². The number of benzene rings is 4. The Labute approximate surface area is 147 Å². The number of hydrogen-bond acceptors (Lipinski definition) is 1. The lowest BCUT2D eigenvalue weighted by atomic mass is 9.89. The van der Waals surface area contributed by atoms with Gasteiger partial charge in [-0.15, -0.1) is 0 Å². The van der Waals surface area contributed by atoms with Crippen LogP contribution >= 0.6 is 0 Å². The predicted octanol–water partition coefficient (Wildman–Crippen LogP) is 6.05. The first-order valence-corrected chi connectivity index (χ1v) is 8.42. The van der Waals surface area contributed by atoms with Gasteiger partial charge in [0.25, 0.3) is 0 Å². The van der Waals surface area contributed by atoms with E-state index >= 15 is 0 Å². The Morgan fingerprint density at radius 3 is 2.12 bits per heavy atom. The fourth-order valence-electron chi connectivity index (χ4n) is 3.22. The van der Waals surface area contributed by atoms with E-state index in [-0.39, 0.29) is 5.78 Å². The molecule has 0 heterocycles. The molecule has 0 radical (unpaired) electrons. The van der Waals surface area contributed by atoms with E-state index in [1.165, 1.54) is 5.56 Å². The molecule has 0 bridgehead atoms. The average molecular weight is 322 g/mol. The zero-order chi connectivity index (χ0) is 17.2. The van der Waals surface area contributed by atoms with Crippen LogP contribution in [0.25, 0.3) is 21.9 Å². The minimum absolute atomic E-state index is 0.0629. The van der Waals surface area contributed by atoms with Gasteiger partial charge in [0.1, 0.15) is 0 Å². The molecule has 4 rings (SSSR count). The van der Waals surface area contributed by atoms with E-state index in [0.29, 0.717) is 5.56 Å². The van der Waals surface area contributed by atoms with Crippen LogP contribution in [-0.4, -0.2) is 5.78 Å². The fraction of sp³-hybridized carbons (Fsp3) is 0.0417. The van der Waals surface area contributed by atoms with Crippen molar-refractivity contribution in [1.29, 1.82) is 0 Å². The number of rotatable bonds is 3. The SMILES string of the molecule is Cc1ccc(-c2ccc3ccccc3c2C(=O)c2ccccc2)cc1. The molecule has 0 N–H and O–H groups in total. The third-order valence-corrected chi connectivity index (χ3v) is 4.55. The van der Waals surface area contributed by atoms with E-state index in [1.54, 1.807) is 0 Å². The second-order valence-electron chi connectivity index (χ2n) is 6.27. The summed E-state index contributed by atoms with van der Waals surface area (Å²) < 4.78 is 0. The zero-order valence-electron chi connectivity index (χ0n) is 14.1. The van der Waals surface area contributed by atoms with Crippen molar-refractivity contribution in [3.8, 4) is 11.1 Å². The van der Waals surface area contributed by atoms with Crippen molar-refractivity contribution >= 4 is 16.6 Å². The molecule has 0 unspecified atom stereocenters. The summed E-state index contributed by atoms with van der Waals surface area (Å²) in [4.78, 5) is 13.3. The summed E-state index contributed by atoms with van der Waals surface area (Å²) in [7, 11) is 0. The molecule has 0 aliphatic carbocycles. The van der Waals surface area contributed by atoms with Gasteiger partial charge in [0.2, 0.25) is 0 Å². The molecule has 120 valence electrons. The average Bonchev–Trinajstić information content (AvgIpc) is 2.68. The van der Waals surface area contributed by atoms with E-state index in [2.05, 4.69) is 49.4 Å². The number of hydrogen-bond donors (Lipinski definition) is 0. The highest BCUT2D eigenvalue weighted by Gasteiger charge is 2.18. The van der Waals surface area contributed by atoms with E-state index in [0.717, 1.165) is 27.5 Å². The van der Waals surface area contributed by atoms with E-state index in [9.17, 15) is 4.79 Å². The third-order valence-electron chi connectivity index (χ3n) is 4.55. The molecule has 25 heavy (non-hydrogen) atoms. The van der Waals surface area contributed by atoms with E-state index in [4.69, 9.17) is 0 Å². The van der Waals surface area contributed by atoms with Crippen molar-refractivity contribution in [2.45, 2.75) is 6.92 Å². The second-order valence-corrected chi connectivity index (χ2v) is 6.27. The number of carbonyl (C=O) groups excluding carboxylic acids is 1. The van der Waals surface area contributed by atoms with E-state index in [1.807, 2.05) is 48.5 Å². The van der Waals surface area contributed by atoms with Crippen molar-refractivity contribution in [1.82, 2.24) is 0 Å². The van der Waals surface area contributed by atoms with Gasteiger partial charge in [0.05, 0.1) is 0 Å². The maximum Gasteiger partial charge on any atom is 0.194 e. The van der Waals surface area contributed by atoms with Crippen LogP contribution in [0.2, 0.25) is 0 Å². The van der Waals surface area contributed by atoms with Gasteiger partial charge in [-0.2, -0.15) is 0 Å². The van der Waals surface area contributed by atoms with Crippen molar-refractivity contribution in [3.05, 3.63) is 108 Å². The molecule has 0 fully saturated rings. The number of carbonyl (C=O) groups is 1. The normalized spacial score (nSPS) is 10.8. The van der Waals surface area contributed by atoms with Crippen molar-refractivity contribution in [3.63, 3.8) is 0 Å². The molecule has 4 aromatic carbocycles. The molecule has 0 saturated heterocycles. The summed E-state index contributed by atoms with van der Waals surface area (Å²) >= 11 is 0. The van der Waals surface area contributed by atoms with Crippen molar-refractivity contribution in [2.24, 2.45) is 0 Å². The highest BCUT2D eigenvalue weighted by Crippen LogP contribution is 2.32. The summed E-state index contributed by atoms with van der Waals surface area (Å²) in [6, 6.07) is 30.1. The first-order valence-electron chi connectivity index (χ1n) is 8.42. The predicted molar refractivity (Wildman–Crippen MR) is 104 cm³/mol. The van der Waals surface area contributed by atoms with Gasteiger partial charge in [-0.25, -0.2) is 0 Å². The lowest BCUT2D eigenvalue weighted by Gasteiger charge is -2.13. The molecule has 1 heteroatoms. The standard InChI is InChI=1S/C24H18O/c1-17-11-13-19(14-12-17)22-16-15-18-7-5-6-10-21(18)23(22)24(25)20-8-3-2-4-9-20/h2-16H,1H3. The smallest absolute Gasteiger partial charge is 0.194 e. The Morgan fingerprint density at radius 2 is 1.36 bits per heavy atom. The van der Waals surface area contributed by atoms with Gasteiger partial charge in [-0.3, -0.25) is 4.79 Å². The lowest BCUT2D eigenvalue weighted by molar-refractivity contribution is 0.104. The van der Waals surface area contributed by atoms with Gasteiger partial charge in [0, 0.05) is 11.1 Å². The van der Waals surface area contributed by atoms with Crippen LogP contribution in [0.3, 0.4) is 0 Å². The van der Waals surface area contributed by atoms with Gasteiger partial charge in [0.15, 0.2) is 5.78 Å². The van der Waals surface area contributed by atoms with Gasteiger partial charge >= 0.3 is 0 Å². The zero-order valence-corrected chi connectivity index (χ0v) is 14.1. The van der Waals surface area contributed by atoms with E-state index < -0.39 is 0 Å². The maximum absolute atomic E-state index is 13.3. The first kappa shape index (κ1) is 15.3. The molecular formula is C24H18O. The molecule has 4 aromatic rings. The minimum atomic E-state index is 0.0629. The highest BCUT2D eigenvalue weighted by atomic mass is 16.1. The Bertz CT molecular complexity index is 1040. The van der Waals surface area contributed by atoms with Crippen molar-refractivity contribution < 1.29 is 4.79 Å². The molecule has 0 spiro atoms. The number of ketones is 1. The van der Waals surface area contributed by atoms with Crippen LogP contribution in [0.15, 0.2) is 91.0 Å².